The maximum Gasteiger partial charge on any atom is 0.393 e. The van der Waals surface area contributed by atoms with E-state index in [1.54, 1.807) is 6.20 Å². The standard InChI is InChI=1S/C12H18F3N3/c1-8-9(7-17-18-8)6-16-11-5-3-2-4-10(11)12(13,14)15/h7,10-11,16H,2-6H2,1H3,(H,17,18)/t10-,11-/m0/s1. The zero-order valence-electron chi connectivity index (χ0n) is 10.3. The summed E-state index contributed by atoms with van der Waals surface area (Å²) in [5.41, 5.74) is 1.84. The number of aromatic nitrogens is 2. The molecule has 18 heavy (non-hydrogen) atoms. The average molecular weight is 261 g/mol. The number of aromatic amines is 1. The Morgan fingerprint density at radius 1 is 1.39 bits per heavy atom. The number of nitrogens with one attached hydrogen (secondary N) is 2. The first-order chi connectivity index (χ1) is 8.48. The molecule has 1 saturated carbocycles. The molecule has 2 N–H and O–H groups in total. The predicted octanol–water partition coefficient (Wildman–Crippen LogP) is 2.93. The fourth-order valence-corrected chi connectivity index (χ4v) is 2.56. The molecule has 0 unspecified atom stereocenters. The molecule has 1 aromatic heterocycles. The van der Waals surface area contributed by atoms with Gasteiger partial charge in [-0.1, -0.05) is 12.8 Å². The average Bonchev–Trinajstić information content (AvgIpc) is 2.71. The third-order valence-corrected chi connectivity index (χ3v) is 3.68. The summed E-state index contributed by atoms with van der Waals surface area (Å²) >= 11 is 0. The van der Waals surface area contributed by atoms with E-state index in [-0.39, 0.29) is 6.42 Å². The van der Waals surface area contributed by atoms with Crippen LogP contribution in [0.5, 0.6) is 0 Å². The van der Waals surface area contributed by atoms with Crippen LogP contribution in [0.3, 0.4) is 0 Å². The minimum absolute atomic E-state index is 0.242. The van der Waals surface area contributed by atoms with Gasteiger partial charge in [0.2, 0.25) is 0 Å². The van der Waals surface area contributed by atoms with E-state index in [9.17, 15) is 13.2 Å². The molecule has 0 saturated heterocycles. The van der Waals surface area contributed by atoms with E-state index in [1.807, 2.05) is 6.92 Å². The first-order valence-electron chi connectivity index (χ1n) is 6.27. The summed E-state index contributed by atoms with van der Waals surface area (Å²) in [5, 5.41) is 9.69. The molecule has 0 spiro atoms. The Kier molecular flexibility index (Phi) is 3.94. The number of nitrogens with zero attached hydrogens (tertiary/aromatic N) is 1. The maximum absolute atomic E-state index is 12.9. The monoisotopic (exact) mass is 261 g/mol. The number of aryl methyl sites for hydroxylation is 1. The van der Waals surface area contributed by atoms with Crippen LogP contribution in [0.1, 0.15) is 36.9 Å². The quantitative estimate of drug-likeness (QED) is 0.878. The molecule has 3 nitrogen and oxygen atoms in total. The summed E-state index contributed by atoms with van der Waals surface area (Å²) in [7, 11) is 0. The van der Waals surface area contributed by atoms with E-state index in [1.165, 1.54) is 0 Å². The van der Waals surface area contributed by atoms with Gasteiger partial charge in [0.15, 0.2) is 0 Å². The van der Waals surface area contributed by atoms with Crippen LogP contribution in [0.15, 0.2) is 6.20 Å². The molecule has 6 heteroatoms. The number of alkyl halides is 3. The largest absolute Gasteiger partial charge is 0.393 e. The molecule has 1 fully saturated rings. The van der Waals surface area contributed by atoms with Gasteiger partial charge in [-0.25, -0.2) is 0 Å². The van der Waals surface area contributed by atoms with Crippen molar-refractivity contribution in [2.45, 2.75) is 51.4 Å². The predicted molar refractivity (Wildman–Crippen MR) is 62.0 cm³/mol. The van der Waals surface area contributed by atoms with Crippen molar-refractivity contribution >= 4 is 0 Å². The van der Waals surface area contributed by atoms with Crippen molar-refractivity contribution in [3.63, 3.8) is 0 Å². The molecule has 1 aromatic rings. The topological polar surface area (TPSA) is 40.7 Å². The second kappa shape index (κ2) is 5.30. The van der Waals surface area contributed by atoms with Gasteiger partial charge < -0.3 is 5.32 Å². The first-order valence-corrected chi connectivity index (χ1v) is 6.27. The fraction of sp³-hybridized carbons (Fsp3) is 0.750. The zero-order valence-corrected chi connectivity index (χ0v) is 10.3. The van der Waals surface area contributed by atoms with E-state index in [0.717, 1.165) is 17.7 Å². The van der Waals surface area contributed by atoms with E-state index in [4.69, 9.17) is 0 Å². The summed E-state index contributed by atoms with van der Waals surface area (Å²) in [4.78, 5) is 0. The number of hydrogen-bond donors (Lipinski definition) is 2. The summed E-state index contributed by atoms with van der Waals surface area (Å²) in [6.45, 7) is 2.31. The molecule has 1 aliphatic carbocycles. The highest BCUT2D eigenvalue weighted by molar-refractivity contribution is 5.14. The lowest BCUT2D eigenvalue weighted by Crippen LogP contribution is -2.45. The lowest BCUT2D eigenvalue weighted by molar-refractivity contribution is -0.189. The van der Waals surface area contributed by atoms with Crippen LogP contribution in [0.25, 0.3) is 0 Å². The molecule has 0 aliphatic heterocycles. The number of hydrogen-bond acceptors (Lipinski definition) is 2. The van der Waals surface area contributed by atoms with Gasteiger partial charge >= 0.3 is 6.18 Å². The zero-order chi connectivity index (χ0) is 13.2. The van der Waals surface area contributed by atoms with Crippen molar-refractivity contribution in [2.75, 3.05) is 0 Å². The minimum atomic E-state index is -4.09. The molecule has 0 bridgehead atoms. The van der Waals surface area contributed by atoms with Gasteiger partial charge in [-0.2, -0.15) is 18.3 Å². The molecule has 1 aliphatic rings. The summed E-state index contributed by atoms with van der Waals surface area (Å²) < 4.78 is 38.6. The SMILES string of the molecule is Cc1[nH]ncc1CN[C@H]1CCCC[C@@H]1C(F)(F)F. The summed E-state index contributed by atoms with van der Waals surface area (Å²) in [6, 6.07) is -0.465. The van der Waals surface area contributed by atoms with E-state index < -0.39 is 18.1 Å². The van der Waals surface area contributed by atoms with Crippen LogP contribution in [0.2, 0.25) is 0 Å². The van der Waals surface area contributed by atoms with Crippen LogP contribution in [0.4, 0.5) is 13.2 Å². The summed E-state index contributed by atoms with van der Waals surface area (Å²) in [6.07, 6.45) is -0.0500. The van der Waals surface area contributed by atoms with Gasteiger partial charge in [-0.3, -0.25) is 5.10 Å². The Hall–Kier alpha value is -1.04. The lowest BCUT2D eigenvalue weighted by Gasteiger charge is -2.33. The molecule has 0 amide bonds. The molecular formula is C12H18F3N3. The Labute approximate surface area is 104 Å². The second-order valence-corrected chi connectivity index (χ2v) is 4.94. The Morgan fingerprint density at radius 2 is 2.11 bits per heavy atom. The van der Waals surface area contributed by atoms with Crippen molar-refractivity contribution in [1.82, 2.24) is 15.5 Å². The molecule has 1 heterocycles. The molecule has 2 atom stereocenters. The Bertz CT molecular complexity index is 386. The van der Waals surface area contributed by atoms with E-state index >= 15 is 0 Å². The van der Waals surface area contributed by atoms with Gasteiger partial charge in [0.25, 0.3) is 0 Å². The number of rotatable bonds is 3. The van der Waals surface area contributed by atoms with Gasteiger partial charge in [0.1, 0.15) is 0 Å². The van der Waals surface area contributed by atoms with Crippen LogP contribution in [-0.4, -0.2) is 22.4 Å². The normalized spacial score (nSPS) is 25.3. The molecular weight excluding hydrogens is 243 g/mol. The van der Waals surface area contributed by atoms with Gasteiger partial charge in [-0.15, -0.1) is 0 Å². The van der Waals surface area contributed by atoms with Gasteiger partial charge in [0, 0.05) is 23.8 Å². The highest BCUT2D eigenvalue weighted by Crippen LogP contribution is 2.37. The minimum Gasteiger partial charge on any atom is -0.309 e. The van der Waals surface area contributed by atoms with Crippen molar-refractivity contribution in [3.8, 4) is 0 Å². The number of H-pyrrole nitrogens is 1. The fourth-order valence-electron chi connectivity index (χ4n) is 2.56. The van der Waals surface area contributed by atoms with Gasteiger partial charge in [-0.05, 0) is 19.8 Å². The van der Waals surface area contributed by atoms with E-state index in [0.29, 0.717) is 19.4 Å². The highest BCUT2D eigenvalue weighted by Gasteiger charge is 2.45. The first kappa shape index (κ1) is 13.4. The molecule has 102 valence electrons. The third kappa shape index (κ3) is 3.04. The summed E-state index contributed by atoms with van der Waals surface area (Å²) in [5.74, 6) is -1.21. The van der Waals surface area contributed by atoms with Crippen molar-refractivity contribution < 1.29 is 13.2 Å². The van der Waals surface area contributed by atoms with Crippen molar-refractivity contribution in [1.29, 1.82) is 0 Å². The smallest absolute Gasteiger partial charge is 0.309 e. The van der Waals surface area contributed by atoms with Crippen LogP contribution in [-0.2, 0) is 6.54 Å². The van der Waals surface area contributed by atoms with Crippen LogP contribution in [0, 0.1) is 12.8 Å². The third-order valence-electron chi connectivity index (χ3n) is 3.68. The molecule has 0 aromatic carbocycles. The van der Waals surface area contributed by atoms with Crippen LogP contribution < -0.4 is 5.32 Å². The van der Waals surface area contributed by atoms with E-state index in [2.05, 4.69) is 15.5 Å². The Morgan fingerprint density at radius 3 is 2.72 bits per heavy atom. The second-order valence-electron chi connectivity index (χ2n) is 4.94. The molecule has 2 rings (SSSR count). The van der Waals surface area contributed by atoms with Gasteiger partial charge in [0.05, 0.1) is 12.1 Å². The molecule has 0 radical (unpaired) electrons. The lowest BCUT2D eigenvalue weighted by atomic mass is 9.84. The number of halogens is 3. The van der Waals surface area contributed by atoms with Crippen molar-refractivity contribution in [3.05, 3.63) is 17.5 Å². The highest BCUT2D eigenvalue weighted by atomic mass is 19.4. The van der Waals surface area contributed by atoms with Crippen molar-refractivity contribution in [2.24, 2.45) is 5.92 Å². The Balaban J connectivity index is 1.96. The maximum atomic E-state index is 12.9. The van der Waals surface area contributed by atoms with Crippen LogP contribution >= 0.6 is 0 Å².